The first-order chi connectivity index (χ1) is 10.5. The summed E-state index contributed by atoms with van der Waals surface area (Å²) in [5.74, 6) is -3.36. The first kappa shape index (κ1) is 20.4. The van der Waals surface area contributed by atoms with Crippen molar-refractivity contribution in [1.29, 1.82) is 0 Å². The van der Waals surface area contributed by atoms with Crippen LogP contribution in [-0.4, -0.2) is 48.1 Å². The summed E-state index contributed by atoms with van der Waals surface area (Å²) in [5, 5.41) is 0. The van der Waals surface area contributed by atoms with Gasteiger partial charge in [0, 0.05) is 11.4 Å². The number of rotatable bonds is 10. The minimum Gasteiger partial charge on any atom is -0.325 e. The van der Waals surface area contributed by atoms with E-state index in [1.807, 2.05) is 4.72 Å². The van der Waals surface area contributed by atoms with Crippen molar-refractivity contribution in [2.75, 3.05) is 25.4 Å². The molecule has 0 spiro atoms. The number of alkyl halides is 2. The molecule has 0 aliphatic heterocycles. The molecule has 23 heavy (non-hydrogen) atoms. The Kier molecular flexibility index (Phi) is 7.04. The molecular formula is C11H19F2N3O4S3. The number of hydrogen-bond donors (Lipinski definition) is 3. The smallest absolute Gasteiger partial charge is 0.273 e. The summed E-state index contributed by atoms with van der Waals surface area (Å²) in [6, 6.07) is 2.80. The lowest BCUT2D eigenvalue weighted by Gasteiger charge is -2.13. The summed E-state index contributed by atoms with van der Waals surface area (Å²) in [4.78, 5) is 0.620. The summed E-state index contributed by atoms with van der Waals surface area (Å²) >= 11 is 0.895. The van der Waals surface area contributed by atoms with Gasteiger partial charge in [0.05, 0.1) is 18.8 Å². The molecule has 0 atom stereocenters. The van der Waals surface area contributed by atoms with Gasteiger partial charge >= 0.3 is 0 Å². The number of nitrogens with one attached hydrogen (secondary N) is 2. The first-order valence-corrected chi connectivity index (χ1v) is 10.6. The molecule has 12 heteroatoms. The van der Waals surface area contributed by atoms with E-state index in [2.05, 4.69) is 4.72 Å². The van der Waals surface area contributed by atoms with Crippen LogP contribution in [0.25, 0.3) is 0 Å². The molecule has 0 unspecified atom stereocenters. The highest BCUT2D eigenvalue weighted by Crippen LogP contribution is 2.22. The molecule has 7 nitrogen and oxygen atoms in total. The second-order valence-corrected chi connectivity index (χ2v) is 9.91. The monoisotopic (exact) mass is 391 g/mol. The van der Waals surface area contributed by atoms with Gasteiger partial charge in [-0.05, 0) is 25.5 Å². The van der Waals surface area contributed by atoms with Gasteiger partial charge < -0.3 is 5.73 Å². The number of thiophene rings is 1. The maximum absolute atomic E-state index is 13.0. The fraction of sp³-hybridized carbons (Fsp3) is 0.636. The lowest BCUT2D eigenvalue weighted by atomic mass is 10.3. The van der Waals surface area contributed by atoms with E-state index in [1.54, 1.807) is 0 Å². The SMILES string of the molecule is CCS(=O)(=O)NCCc1ccc(S(=O)(=O)NCC(F)(F)CN)s1. The molecular weight excluding hydrogens is 372 g/mol. The molecule has 1 heterocycles. The largest absolute Gasteiger partial charge is 0.325 e. The van der Waals surface area contributed by atoms with Crippen molar-refractivity contribution < 1.29 is 25.6 Å². The van der Waals surface area contributed by atoms with Crippen LogP contribution in [0.3, 0.4) is 0 Å². The predicted molar refractivity (Wildman–Crippen MR) is 84.7 cm³/mol. The highest BCUT2D eigenvalue weighted by atomic mass is 32.2. The van der Waals surface area contributed by atoms with Gasteiger partial charge in [0.1, 0.15) is 4.21 Å². The van der Waals surface area contributed by atoms with Gasteiger partial charge in [-0.1, -0.05) is 0 Å². The van der Waals surface area contributed by atoms with Crippen molar-refractivity contribution in [2.45, 2.75) is 23.5 Å². The molecule has 0 aromatic carbocycles. The van der Waals surface area contributed by atoms with Crippen molar-refractivity contribution in [3.05, 3.63) is 17.0 Å². The van der Waals surface area contributed by atoms with E-state index in [0.29, 0.717) is 11.3 Å². The van der Waals surface area contributed by atoms with Crippen LogP contribution in [-0.2, 0) is 26.5 Å². The Morgan fingerprint density at radius 2 is 1.87 bits per heavy atom. The molecule has 0 aliphatic carbocycles. The molecule has 0 bridgehead atoms. The molecule has 0 fully saturated rings. The maximum atomic E-state index is 13.0. The van der Waals surface area contributed by atoms with Gasteiger partial charge in [-0.2, -0.15) is 0 Å². The summed E-state index contributed by atoms with van der Waals surface area (Å²) in [7, 11) is -7.36. The lowest BCUT2D eigenvalue weighted by Crippen LogP contribution is -2.41. The van der Waals surface area contributed by atoms with Crippen LogP contribution < -0.4 is 15.2 Å². The zero-order chi connectivity index (χ0) is 17.7. The molecule has 0 aliphatic rings. The van der Waals surface area contributed by atoms with Gasteiger partial charge in [-0.25, -0.2) is 35.1 Å². The van der Waals surface area contributed by atoms with Gasteiger partial charge in [0.15, 0.2) is 0 Å². The van der Waals surface area contributed by atoms with Gasteiger partial charge in [0.2, 0.25) is 20.0 Å². The van der Waals surface area contributed by atoms with Crippen molar-refractivity contribution >= 4 is 31.4 Å². The van der Waals surface area contributed by atoms with Crippen LogP contribution in [0.15, 0.2) is 16.3 Å². The lowest BCUT2D eigenvalue weighted by molar-refractivity contribution is 0.0170. The van der Waals surface area contributed by atoms with E-state index in [9.17, 15) is 25.6 Å². The van der Waals surface area contributed by atoms with E-state index >= 15 is 0 Å². The molecule has 1 aromatic rings. The highest BCUT2D eigenvalue weighted by molar-refractivity contribution is 7.91. The van der Waals surface area contributed by atoms with Gasteiger partial charge in [-0.15, -0.1) is 11.3 Å². The van der Waals surface area contributed by atoms with Crippen molar-refractivity contribution in [1.82, 2.24) is 9.44 Å². The van der Waals surface area contributed by atoms with Crippen LogP contribution in [0.5, 0.6) is 0 Å². The average molecular weight is 391 g/mol. The molecule has 134 valence electrons. The zero-order valence-electron chi connectivity index (χ0n) is 12.4. The minimum absolute atomic E-state index is 0.0453. The molecule has 4 N–H and O–H groups in total. The maximum Gasteiger partial charge on any atom is 0.273 e. The van der Waals surface area contributed by atoms with Crippen molar-refractivity contribution in [3.63, 3.8) is 0 Å². The van der Waals surface area contributed by atoms with Gasteiger partial charge in [-0.3, -0.25) is 0 Å². The van der Waals surface area contributed by atoms with Crippen LogP contribution in [0, 0.1) is 0 Å². The van der Waals surface area contributed by atoms with E-state index in [1.165, 1.54) is 19.1 Å². The third kappa shape index (κ3) is 6.77. The van der Waals surface area contributed by atoms with E-state index < -0.39 is 39.1 Å². The number of sulfonamides is 2. The Morgan fingerprint density at radius 1 is 1.22 bits per heavy atom. The summed E-state index contributed by atoms with van der Waals surface area (Å²) in [6.07, 6.45) is 0.304. The molecule has 0 radical (unpaired) electrons. The Hall–Kier alpha value is -0.660. The average Bonchev–Trinajstić information content (AvgIpc) is 2.95. The Labute approximate surface area is 138 Å². The highest BCUT2D eigenvalue weighted by Gasteiger charge is 2.29. The summed E-state index contributed by atoms with van der Waals surface area (Å²) in [6.45, 7) is -0.395. The number of nitrogens with two attached hydrogens (primary N) is 1. The number of hydrogen-bond acceptors (Lipinski definition) is 6. The standard InChI is InChI=1S/C11H19F2N3O4S3/c1-2-22(17,18)15-6-5-9-3-4-10(21-9)23(19,20)16-8-11(12,13)7-14/h3-4,15-16H,2,5-8,14H2,1H3. The molecule has 0 saturated carbocycles. The zero-order valence-corrected chi connectivity index (χ0v) is 14.8. The van der Waals surface area contributed by atoms with Crippen molar-refractivity contribution in [3.8, 4) is 0 Å². The van der Waals surface area contributed by atoms with Crippen LogP contribution in [0.4, 0.5) is 8.78 Å². The van der Waals surface area contributed by atoms with Crippen molar-refractivity contribution in [2.24, 2.45) is 5.73 Å². The molecule has 1 aromatic heterocycles. The van der Waals surface area contributed by atoms with Crippen LogP contribution in [0.1, 0.15) is 11.8 Å². The van der Waals surface area contributed by atoms with E-state index in [-0.39, 0.29) is 16.5 Å². The molecule has 1 rings (SSSR count). The topological polar surface area (TPSA) is 118 Å². The number of halogens is 2. The third-order valence-corrected chi connectivity index (χ3v) is 7.24. The molecule has 0 amide bonds. The predicted octanol–water partition coefficient (Wildman–Crippen LogP) is 0.102. The Bertz CT molecular complexity index is 717. The van der Waals surface area contributed by atoms with E-state index in [4.69, 9.17) is 5.73 Å². The summed E-state index contributed by atoms with van der Waals surface area (Å²) < 4.78 is 76.4. The quantitative estimate of drug-likeness (QED) is 0.523. The van der Waals surface area contributed by atoms with Gasteiger partial charge in [0.25, 0.3) is 5.92 Å². The Morgan fingerprint density at radius 3 is 2.43 bits per heavy atom. The second kappa shape index (κ2) is 7.94. The Balaban J connectivity index is 2.64. The third-order valence-electron chi connectivity index (χ3n) is 2.79. The van der Waals surface area contributed by atoms with Crippen LogP contribution in [0.2, 0.25) is 0 Å². The van der Waals surface area contributed by atoms with E-state index in [0.717, 1.165) is 11.3 Å². The van der Waals surface area contributed by atoms with Crippen LogP contribution >= 0.6 is 11.3 Å². The fourth-order valence-electron chi connectivity index (χ4n) is 1.41. The summed E-state index contributed by atoms with van der Waals surface area (Å²) in [5.41, 5.74) is 4.84. The minimum atomic E-state index is -4.05. The fourth-order valence-corrected chi connectivity index (χ4v) is 4.49. The second-order valence-electron chi connectivity index (χ2n) is 4.65. The molecule has 0 saturated heterocycles. The first-order valence-electron chi connectivity index (χ1n) is 6.65. The normalized spacial score (nSPS) is 13.4.